The number of nitro groups is 1. The van der Waals surface area contributed by atoms with Crippen LogP contribution in [0, 0.1) is 24.0 Å². The van der Waals surface area contributed by atoms with Crippen molar-refractivity contribution in [1.82, 2.24) is 19.4 Å². The summed E-state index contributed by atoms with van der Waals surface area (Å²) < 4.78 is 35.8. The Balaban J connectivity index is 1.87. The minimum Gasteiger partial charge on any atom is -0.437 e. The van der Waals surface area contributed by atoms with Crippen molar-refractivity contribution >= 4 is 21.6 Å². The third kappa shape index (κ3) is 5.35. The molecule has 2 aromatic carbocycles. The second kappa shape index (κ2) is 10.3. The summed E-state index contributed by atoms with van der Waals surface area (Å²) in [4.78, 5) is 23.4. The number of carbonyl (C=O) groups excluding carboxylic acids is 1. The molecule has 0 radical (unpaired) electrons. The molecule has 1 aromatic heterocycles. The summed E-state index contributed by atoms with van der Waals surface area (Å²) >= 11 is 0. The van der Waals surface area contributed by atoms with Gasteiger partial charge in [-0.3, -0.25) is 14.9 Å². The van der Waals surface area contributed by atoms with Crippen molar-refractivity contribution < 1.29 is 22.9 Å². The van der Waals surface area contributed by atoms with E-state index in [-0.39, 0.29) is 33.9 Å². The number of aryl methyl sites for hydroxylation is 1. The predicted octanol–water partition coefficient (Wildman–Crippen LogP) is 4.11. The largest absolute Gasteiger partial charge is 0.437 e. The van der Waals surface area contributed by atoms with E-state index in [1.807, 2.05) is 32.9 Å². The number of nitro benzene ring substituents is 1. The molecule has 0 spiro atoms. The standard InChI is InChI=1S/C25H29N5O6S/c1-16(2)26-24(31)23-18(4)25(29(27-23)19-9-7-17(3)8-10-19)36-21-12-11-20(30(32)33)15-22(21)37(34,35)28-13-5-6-14-28/h7-12,15-16H,5-6,13-14H2,1-4H3,(H,26,31). The zero-order valence-electron chi connectivity index (χ0n) is 21.1. The quantitative estimate of drug-likeness (QED) is 0.344. The predicted molar refractivity (Wildman–Crippen MR) is 137 cm³/mol. The fourth-order valence-electron chi connectivity index (χ4n) is 4.08. The molecule has 1 aliphatic rings. The number of hydrogen-bond acceptors (Lipinski definition) is 7. The molecule has 0 atom stereocenters. The number of amides is 1. The van der Waals surface area contributed by atoms with Gasteiger partial charge in [-0.15, -0.1) is 0 Å². The Hall–Kier alpha value is -3.77. The molecule has 1 fully saturated rings. The number of sulfonamides is 1. The zero-order valence-corrected chi connectivity index (χ0v) is 21.9. The lowest BCUT2D eigenvalue weighted by molar-refractivity contribution is -0.385. The van der Waals surface area contributed by atoms with Gasteiger partial charge in [0.05, 0.1) is 10.6 Å². The van der Waals surface area contributed by atoms with Gasteiger partial charge in [-0.05, 0) is 58.7 Å². The third-order valence-electron chi connectivity index (χ3n) is 6.01. The van der Waals surface area contributed by atoms with E-state index in [9.17, 15) is 23.3 Å². The molecular formula is C25H29N5O6S. The molecular weight excluding hydrogens is 498 g/mol. The van der Waals surface area contributed by atoms with E-state index in [0.717, 1.165) is 11.6 Å². The molecule has 0 bridgehead atoms. The Morgan fingerprint density at radius 2 is 1.76 bits per heavy atom. The Morgan fingerprint density at radius 3 is 2.35 bits per heavy atom. The van der Waals surface area contributed by atoms with Crippen molar-refractivity contribution in [3.63, 3.8) is 0 Å². The number of rotatable bonds is 8. The number of aromatic nitrogens is 2. The first-order valence-electron chi connectivity index (χ1n) is 11.9. The molecule has 12 heteroatoms. The lowest BCUT2D eigenvalue weighted by Gasteiger charge is -2.18. The average molecular weight is 528 g/mol. The minimum atomic E-state index is -4.07. The number of benzene rings is 2. The van der Waals surface area contributed by atoms with Crippen LogP contribution in [0.25, 0.3) is 5.69 Å². The molecule has 1 aliphatic heterocycles. The molecule has 196 valence electrons. The summed E-state index contributed by atoms with van der Waals surface area (Å²) in [5.41, 5.74) is 1.75. The number of nitrogens with one attached hydrogen (secondary N) is 1. The molecule has 0 unspecified atom stereocenters. The number of nitrogens with zero attached hydrogens (tertiary/aromatic N) is 4. The van der Waals surface area contributed by atoms with Crippen molar-refractivity contribution in [2.75, 3.05) is 13.1 Å². The van der Waals surface area contributed by atoms with Crippen LogP contribution in [0.4, 0.5) is 5.69 Å². The van der Waals surface area contributed by atoms with Gasteiger partial charge in [0.15, 0.2) is 5.69 Å². The van der Waals surface area contributed by atoms with Gasteiger partial charge < -0.3 is 10.1 Å². The van der Waals surface area contributed by atoms with Crippen molar-refractivity contribution in [3.8, 4) is 17.3 Å². The number of hydrogen-bond donors (Lipinski definition) is 1. The topological polar surface area (TPSA) is 137 Å². The second-order valence-corrected chi connectivity index (χ2v) is 11.2. The summed E-state index contributed by atoms with van der Waals surface area (Å²) in [5, 5.41) is 18.8. The van der Waals surface area contributed by atoms with Gasteiger partial charge in [0.2, 0.25) is 15.9 Å². The van der Waals surface area contributed by atoms with Gasteiger partial charge in [-0.25, -0.2) is 8.42 Å². The SMILES string of the molecule is Cc1ccc(-n2nc(C(=O)NC(C)C)c(C)c2Oc2ccc([N+](=O)[O-])cc2S(=O)(=O)N2CCCC2)cc1. The lowest BCUT2D eigenvalue weighted by Crippen LogP contribution is -2.31. The van der Waals surface area contributed by atoms with Crippen LogP contribution in [0.3, 0.4) is 0 Å². The van der Waals surface area contributed by atoms with Crippen LogP contribution in [0.2, 0.25) is 0 Å². The van der Waals surface area contributed by atoms with Gasteiger partial charge in [0.25, 0.3) is 11.6 Å². The summed E-state index contributed by atoms with van der Waals surface area (Å²) in [6.07, 6.45) is 1.41. The summed E-state index contributed by atoms with van der Waals surface area (Å²) in [6.45, 7) is 7.89. The van der Waals surface area contributed by atoms with Crippen molar-refractivity contribution in [2.24, 2.45) is 0 Å². The highest BCUT2D eigenvalue weighted by Crippen LogP contribution is 2.37. The van der Waals surface area contributed by atoms with Gasteiger partial charge >= 0.3 is 0 Å². The van der Waals surface area contributed by atoms with Gasteiger partial charge in [-0.2, -0.15) is 14.1 Å². The normalized spacial score (nSPS) is 14.2. The van der Waals surface area contributed by atoms with Crippen LogP contribution in [0.15, 0.2) is 47.4 Å². The maximum atomic E-state index is 13.5. The van der Waals surface area contributed by atoms with E-state index in [1.54, 1.807) is 19.1 Å². The summed E-state index contributed by atoms with van der Waals surface area (Å²) in [5.74, 6) is -0.369. The molecule has 0 saturated carbocycles. The van der Waals surface area contributed by atoms with Crippen LogP contribution >= 0.6 is 0 Å². The van der Waals surface area contributed by atoms with E-state index in [4.69, 9.17) is 4.74 Å². The van der Waals surface area contributed by atoms with Crippen LogP contribution in [0.1, 0.15) is 48.3 Å². The minimum absolute atomic E-state index is 0.0929. The highest BCUT2D eigenvalue weighted by atomic mass is 32.2. The molecule has 2 heterocycles. The maximum Gasteiger partial charge on any atom is 0.272 e. The van der Waals surface area contributed by atoms with Crippen LogP contribution in [-0.4, -0.2) is 52.5 Å². The van der Waals surface area contributed by atoms with E-state index in [1.165, 1.54) is 21.1 Å². The Morgan fingerprint density at radius 1 is 1.11 bits per heavy atom. The molecule has 4 rings (SSSR count). The molecule has 37 heavy (non-hydrogen) atoms. The number of carbonyl (C=O) groups is 1. The Kier molecular flexibility index (Phi) is 7.32. The summed E-state index contributed by atoms with van der Waals surface area (Å²) in [7, 11) is -4.07. The van der Waals surface area contributed by atoms with E-state index >= 15 is 0 Å². The molecule has 3 aromatic rings. The van der Waals surface area contributed by atoms with Gasteiger partial charge in [-0.1, -0.05) is 17.7 Å². The van der Waals surface area contributed by atoms with E-state index < -0.39 is 20.9 Å². The molecule has 1 saturated heterocycles. The van der Waals surface area contributed by atoms with Crippen LogP contribution < -0.4 is 10.1 Å². The van der Waals surface area contributed by atoms with Crippen LogP contribution in [0.5, 0.6) is 11.6 Å². The first-order chi connectivity index (χ1) is 17.5. The van der Waals surface area contributed by atoms with Crippen molar-refractivity contribution in [2.45, 2.75) is 51.5 Å². The molecule has 1 N–H and O–H groups in total. The molecule has 0 aliphatic carbocycles. The molecule has 11 nitrogen and oxygen atoms in total. The van der Waals surface area contributed by atoms with Crippen molar-refractivity contribution in [1.29, 1.82) is 0 Å². The summed E-state index contributed by atoms with van der Waals surface area (Å²) in [6, 6.07) is 10.7. The third-order valence-corrected chi connectivity index (χ3v) is 7.93. The average Bonchev–Trinajstić information content (AvgIpc) is 3.49. The number of ether oxygens (including phenoxy) is 1. The fourth-order valence-corrected chi connectivity index (χ4v) is 5.73. The highest BCUT2D eigenvalue weighted by Gasteiger charge is 2.33. The zero-order chi connectivity index (χ0) is 26.9. The van der Waals surface area contributed by atoms with Gasteiger partial charge in [0.1, 0.15) is 10.6 Å². The first kappa shape index (κ1) is 26.3. The van der Waals surface area contributed by atoms with E-state index in [2.05, 4.69) is 10.4 Å². The second-order valence-electron chi connectivity index (χ2n) is 9.26. The highest BCUT2D eigenvalue weighted by molar-refractivity contribution is 7.89. The van der Waals surface area contributed by atoms with E-state index in [0.29, 0.717) is 37.2 Å². The number of non-ortho nitro benzene ring substituents is 1. The molecule has 1 amide bonds. The Labute approximate surface area is 215 Å². The van der Waals surface area contributed by atoms with Crippen LogP contribution in [-0.2, 0) is 10.0 Å². The van der Waals surface area contributed by atoms with Gasteiger partial charge in [0, 0.05) is 36.8 Å². The Bertz CT molecular complexity index is 1440. The maximum absolute atomic E-state index is 13.5. The van der Waals surface area contributed by atoms with Crippen molar-refractivity contribution in [3.05, 3.63) is 69.4 Å². The lowest BCUT2D eigenvalue weighted by atomic mass is 10.2. The first-order valence-corrected chi connectivity index (χ1v) is 13.4. The fraction of sp³-hybridized carbons (Fsp3) is 0.360. The smallest absolute Gasteiger partial charge is 0.272 e. The monoisotopic (exact) mass is 527 g/mol.